The molecule has 1 N–H and O–H groups in total. The second-order valence-corrected chi connectivity index (χ2v) is 4.82. The highest BCUT2D eigenvalue weighted by Gasteiger charge is 2.38. The average Bonchev–Trinajstić information content (AvgIpc) is 2.14. The normalized spacial score (nSPS) is 25.5. The minimum absolute atomic E-state index is 0.456. The molecule has 1 rings (SSSR count). The van der Waals surface area contributed by atoms with E-state index in [0.29, 0.717) is 17.3 Å². The van der Waals surface area contributed by atoms with Crippen LogP contribution in [-0.4, -0.2) is 5.71 Å². The first-order chi connectivity index (χ1) is 6.05. The van der Waals surface area contributed by atoms with Gasteiger partial charge in [0, 0.05) is 5.71 Å². The van der Waals surface area contributed by atoms with Crippen LogP contribution in [0.3, 0.4) is 0 Å². The maximum Gasteiger partial charge on any atom is 0.0123 e. The van der Waals surface area contributed by atoms with Gasteiger partial charge in [-0.15, -0.1) is 0 Å². The summed E-state index contributed by atoms with van der Waals surface area (Å²) in [7, 11) is 0. The van der Waals surface area contributed by atoms with Crippen molar-refractivity contribution in [3.05, 3.63) is 0 Å². The number of nitrogens with one attached hydrogen (secondary N) is 1. The summed E-state index contributed by atoms with van der Waals surface area (Å²) in [5.41, 5.74) is 1.46. The first-order valence-electron chi connectivity index (χ1n) is 5.62. The van der Waals surface area contributed by atoms with E-state index in [9.17, 15) is 0 Å². The van der Waals surface area contributed by atoms with Gasteiger partial charge in [-0.25, -0.2) is 0 Å². The first kappa shape index (κ1) is 10.7. The van der Waals surface area contributed by atoms with E-state index in [1.54, 1.807) is 0 Å². The van der Waals surface area contributed by atoms with Gasteiger partial charge in [-0.3, -0.25) is 0 Å². The van der Waals surface area contributed by atoms with E-state index >= 15 is 0 Å². The topological polar surface area (TPSA) is 23.9 Å². The van der Waals surface area contributed by atoms with E-state index in [1.807, 2.05) is 0 Å². The number of hydrogen-bond acceptors (Lipinski definition) is 1. The molecule has 0 aromatic heterocycles. The predicted octanol–water partition coefficient (Wildman–Crippen LogP) is 3.88. The lowest BCUT2D eigenvalue weighted by Gasteiger charge is -2.43. The zero-order chi connectivity index (χ0) is 10.1. The lowest BCUT2D eigenvalue weighted by molar-refractivity contribution is 0.134. The van der Waals surface area contributed by atoms with Gasteiger partial charge in [0.15, 0.2) is 0 Å². The Morgan fingerprint density at radius 2 is 2.00 bits per heavy atom. The molecule has 2 atom stereocenters. The van der Waals surface area contributed by atoms with Crippen LogP contribution in [0.25, 0.3) is 0 Å². The van der Waals surface area contributed by atoms with Crippen LogP contribution in [0.4, 0.5) is 0 Å². The molecule has 1 fully saturated rings. The Balaban J connectivity index is 2.63. The fourth-order valence-corrected chi connectivity index (χ4v) is 2.39. The Bertz CT molecular complexity index is 191. The zero-order valence-corrected chi connectivity index (χ0v) is 9.48. The molecule has 0 aliphatic heterocycles. The second kappa shape index (κ2) is 3.81. The summed E-state index contributed by atoms with van der Waals surface area (Å²) in [5.74, 6) is 1.30. The number of hydrogen-bond donors (Lipinski definition) is 1. The molecular formula is C12H23N. The van der Waals surface area contributed by atoms with Crippen LogP contribution in [0.2, 0.25) is 0 Å². The molecule has 0 amide bonds. The summed E-state index contributed by atoms with van der Waals surface area (Å²) in [6.45, 7) is 9.28. The molecule has 0 aromatic rings. The van der Waals surface area contributed by atoms with E-state index < -0.39 is 0 Å². The number of rotatable bonds is 4. The lowest BCUT2D eigenvalue weighted by Crippen LogP contribution is -2.39. The van der Waals surface area contributed by atoms with Crippen molar-refractivity contribution in [1.29, 1.82) is 5.41 Å². The van der Waals surface area contributed by atoms with Crippen molar-refractivity contribution in [2.75, 3.05) is 0 Å². The molecule has 2 unspecified atom stereocenters. The molecule has 0 heterocycles. The van der Waals surface area contributed by atoms with Crippen LogP contribution in [0.15, 0.2) is 0 Å². The molecule has 1 saturated carbocycles. The van der Waals surface area contributed by atoms with E-state index in [2.05, 4.69) is 27.7 Å². The fraction of sp³-hybridized carbons (Fsp3) is 0.917. The molecule has 1 nitrogen and oxygen atoms in total. The Labute approximate surface area is 82.4 Å². The highest BCUT2D eigenvalue weighted by atomic mass is 14.5. The van der Waals surface area contributed by atoms with Crippen LogP contribution in [-0.2, 0) is 0 Å². The molecule has 0 spiro atoms. The van der Waals surface area contributed by atoms with Gasteiger partial charge >= 0.3 is 0 Å². The Morgan fingerprint density at radius 1 is 1.46 bits per heavy atom. The molecule has 0 saturated heterocycles. The minimum Gasteiger partial charge on any atom is -0.309 e. The highest BCUT2D eigenvalue weighted by molar-refractivity contribution is 5.89. The Kier molecular flexibility index (Phi) is 3.15. The summed E-state index contributed by atoms with van der Waals surface area (Å²) in [6.07, 6.45) is 4.80. The lowest BCUT2D eigenvalue weighted by atomic mass is 9.62. The second-order valence-electron chi connectivity index (χ2n) is 4.82. The monoisotopic (exact) mass is 181 g/mol. The molecular weight excluding hydrogens is 158 g/mol. The van der Waals surface area contributed by atoms with Crippen molar-refractivity contribution < 1.29 is 0 Å². The molecule has 1 aliphatic carbocycles. The van der Waals surface area contributed by atoms with Crippen molar-refractivity contribution in [3.8, 4) is 0 Å². The molecule has 0 radical (unpaired) electrons. The van der Waals surface area contributed by atoms with Crippen LogP contribution >= 0.6 is 0 Å². The van der Waals surface area contributed by atoms with Crippen LogP contribution in [0, 0.1) is 22.7 Å². The van der Waals surface area contributed by atoms with Crippen molar-refractivity contribution in [2.24, 2.45) is 17.3 Å². The molecule has 1 heteroatoms. The Hall–Kier alpha value is -0.330. The summed E-state index contributed by atoms with van der Waals surface area (Å²) in [5, 5.41) is 7.75. The molecule has 0 aromatic carbocycles. The SMILES string of the molecule is CCC(C)(CC)C(C)C1CCC1=N. The first-order valence-corrected chi connectivity index (χ1v) is 5.62. The van der Waals surface area contributed by atoms with Gasteiger partial charge in [0.25, 0.3) is 0 Å². The Morgan fingerprint density at radius 3 is 2.23 bits per heavy atom. The molecule has 13 heavy (non-hydrogen) atoms. The largest absolute Gasteiger partial charge is 0.309 e. The molecule has 1 aliphatic rings. The van der Waals surface area contributed by atoms with Crippen molar-refractivity contribution >= 4 is 5.71 Å². The van der Waals surface area contributed by atoms with Gasteiger partial charge in [-0.2, -0.15) is 0 Å². The maximum absolute atomic E-state index is 7.75. The minimum atomic E-state index is 0.456. The molecule has 0 bridgehead atoms. The quantitative estimate of drug-likeness (QED) is 0.680. The summed E-state index contributed by atoms with van der Waals surface area (Å²) >= 11 is 0. The summed E-state index contributed by atoms with van der Waals surface area (Å²) in [4.78, 5) is 0. The summed E-state index contributed by atoms with van der Waals surface area (Å²) in [6, 6.07) is 0. The smallest absolute Gasteiger partial charge is 0.0123 e. The van der Waals surface area contributed by atoms with Crippen LogP contribution < -0.4 is 0 Å². The third-order valence-corrected chi connectivity index (χ3v) is 4.49. The van der Waals surface area contributed by atoms with Crippen LogP contribution in [0.5, 0.6) is 0 Å². The van der Waals surface area contributed by atoms with Crippen molar-refractivity contribution in [2.45, 2.75) is 53.4 Å². The van der Waals surface area contributed by atoms with E-state index in [-0.39, 0.29) is 0 Å². The highest BCUT2D eigenvalue weighted by Crippen LogP contribution is 2.44. The van der Waals surface area contributed by atoms with Crippen molar-refractivity contribution in [1.82, 2.24) is 0 Å². The van der Waals surface area contributed by atoms with Gasteiger partial charge in [0.2, 0.25) is 0 Å². The fourth-order valence-electron chi connectivity index (χ4n) is 2.39. The van der Waals surface area contributed by atoms with Gasteiger partial charge in [-0.1, -0.05) is 40.5 Å². The van der Waals surface area contributed by atoms with Gasteiger partial charge < -0.3 is 5.41 Å². The zero-order valence-electron chi connectivity index (χ0n) is 9.48. The van der Waals surface area contributed by atoms with E-state index in [0.717, 1.165) is 12.1 Å². The maximum atomic E-state index is 7.75. The predicted molar refractivity (Wildman–Crippen MR) is 58.3 cm³/mol. The average molecular weight is 181 g/mol. The third-order valence-electron chi connectivity index (χ3n) is 4.49. The van der Waals surface area contributed by atoms with E-state index in [4.69, 9.17) is 5.41 Å². The van der Waals surface area contributed by atoms with Crippen LogP contribution in [0.1, 0.15) is 53.4 Å². The van der Waals surface area contributed by atoms with E-state index in [1.165, 1.54) is 19.3 Å². The van der Waals surface area contributed by atoms with Gasteiger partial charge in [0.1, 0.15) is 0 Å². The summed E-state index contributed by atoms with van der Waals surface area (Å²) < 4.78 is 0. The van der Waals surface area contributed by atoms with Gasteiger partial charge in [-0.05, 0) is 30.1 Å². The van der Waals surface area contributed by atoms with Gasteiger partial charge in [0.05, 0.1) is 0 Å². The molecule has 76 valence electrons. The van der Waals surface area contributed by atoms with Crippen molar-refractivity contribution in [3.63, 3.8) is 0 Å². The standard InChI is InChI=1S/C12H23N/c1-5-12(4,6-2)9(3)10-7-8-11(10)13/h9-10,13H,5-8H2,1-4H3. The third kappa shape index (κ3) is 1.79.